The van der Waals surface area contributed by atoms with Gasteiger partial charge in [-0.3, -0.25) is 9.59 Å². The number of H-pyrrole nitrogens is 1. The fourth-order valence-electron chi connectivity index (χ4n) is 2.25. The van der Waals surface area contributed by atoms with Crippen molar-refractivity contribution in [1.29, 1.82) is 0 Å². The Balaban J connectivity index is 2.13. The molecule has 0 aromatic carbocycles. The Morgan fingerprint density at radius 1 is 1.33 bits per heavy atom. The van der Waals surface area contributed by atoms with Gasteiger partial charge >= 0.3 is 0 Å². The topological polar surface area (TPSA) is 74.0 Å². The molecule has 1 aromatic heterocycles. The van der Waals surface area contributed by atoms with Gasteiger partial charge in [-0.2, -0.15) is 0 Å². The first-order chi connectivity index (χ1) is 8.48. The highest BCUT2D eigenvalue weighted by Gasteiger charge is 2.28. The lowest BCUT2D eigenvalue weighted by Gasteiger charge is -2.34. The van der Waals surface area contributed by atoms with Gasteiger partial charge in [0, 0.05) is 23.4 Å². The normalized spacial score (nSPS) is 18.3. The number of aryl methyl sites for hydroxylation is 1. The van der Waals surface area contributed by atoms with E-state index in [1.165, 1.54) is 12.1 Å². The highest BCUT2D eigenvalue weighted by molar-refractivity contribution is 5.92. The van der Waals surface area contributed by atoms with Crippen molar-refractivity contribution in [3.05, 3.63) is 33.7 Å². The molecule has 0 aliphatic carbocycles. The third-order valence-electron chi connectivity index (χ3n) is 3.34. The van der Waals surface area contributed by atoms with Gasteiger partial charge in [-0.1, -0.05) is 0 Å². The predicted molar refractivity (Wildman–Crippen MR) is 69.8 cm³/mol. The highest BCUT2D eigenvalue weighted by atomic mass is 16.2. The summed E-state index contributed by atoms with van der Waals surface area (Å²) in [6, 6.07) is 2.82. The van der Waals surface area contributed by atoms with Crippen molar-refractivity contribution in [2.24, 2.45) is 0 Å². The van der Waals surface area contributed by atoms with Gasteiger partial charge < -0.3 is 15.6 Å². The summed E-state index contributed by atoms with van der Waals surface area (Å²) in [6.45, 7) is 5.62. The Kier molecular flexibility index (Phi) is 3.52. The van der Waals surface area contributed by atoms with E-state index >= 15 is 0 Å². The van der Waals surface area contributed by atoms with Crippen LogP contribution in [0.25, 0.3) is 0 Å². The molecule has 0 unspecified atom stereocenters. The molecule has 5 heteroatoms. The monoisotopic (exact) mass is 249 g/mol. The summed E-state index contributed by atoms with van der Waals surface area (Å²) in [4.78, 5) is 26.4. The average molecular weight is 249 g/mol. The van der Waals surface area contributed by atoms with E-state index in [-0.39, 0.29) is 16.9 Å². The van der Waals surface area contributed by atoms with Crippen LogP contribution in [0.2, 0.25) is 0 Å². The molecule has 0 atom stereocenters. The van der Waals surface area contributed by atoms with Crippen molar-refractivity contribution in [2.45, 2.75) is 32.2 Å². The molecule has 18 heavy (non-hydrogen) atoms. The maximum absolute atomic E-state index is 12.1. The van der Waals surface area contributed by atoms with Crippen molar-refractivity contribution >= 4 is 5.91 Å². The van der Waals surface area contributed by atoms with Gasteiger partial charge in [-0.15, -0.1) is 0 Å². The van der Waals surface area contributed by atoms with Gasteiger partial charge in [0.05, 0.1) is 0 Å². The van der Waals surface area contributed by atoms with Crippen LogP contribution in [-0.2, 0) is 0 Å². The van der Waals surface area contributed by atoms with Crippen LogP contribution in [0.5, 0.6) is 0 Å². The number of nitrogens with one attached hydrogen (secondary N) is 3. The minimum Gasteiger partial charge on any atom is -0.354 e. The first-order valence-corrected chi connectivity index (χ1v) is 6.23. The van der Waals surface area contributed by atoms with E-state index in [4.69, 9.17) is 0 Å². The molecule has 1 aromatic rings. The van der Waals surface area contributed by atoms with E-state index in [2.05, 4.69) is 15.6 Å². The van der Waals surface area contributed by atoms with Gasteiger partial charge in [0.25, 0.3) is 5.91 Å². The Morgan fingerprint density at radius 3 is 2.61 bits per heavy atom. The predicted octanol–water partition coefficient (Wildman–Crippen LogP) is 0.555. The van der Waals surface area contributed by atoms with Gasteiger partial charge in [0.15, 0.2) is 5.43 Å². The average Bonchev–Trinajstić information content (AvgIpc) is 2.28. The number of aromatic amines is 1. The number of carbonyl (C=O) groups is 1. The van der Waals surface area contributed by atoms with Crippen LogP contribution in [0, 0.1) is 6.92 Å². The van der Waals surface area contributed by atoms with E-state index < -0.39 is 0 Å². The number of piperidine rings is 1. The number of rotatable bonds is 2. The molecular weight excluding hydrogens is 230 g/mol. The molecule has 0 saturated carbocycles. The fourth-order valence-corrected chi connectivity index (χ4v) is 2.25. The molecule has 3 N–H and O–H groups in total. The molecule has 0 spiro atoms. The first kappa shape index (κ1) is 12.8. The lowest BCUT2D eigenvalue weighted by molar-refractivity contribution is 0.0882. The van der Waals surface area contributed by atoms with Crippen LogP contribution in [0.1, 0.15) is 35.9 Å². The number of hydrogen-bond donors (Lipinski definition) is 3. The standard InChI is InChI=1S/C13H19N3O2/c1-9-7-10(17)8-11(15-9)12(18)16-13(2)3-5-14-6-4-13/h7-8,14H,3-6H2,1-2H3,(H,15,17)(H,16,18). The van der Waals surface area contributed by atoms with E-state index in [9.17, 15) is 9.59 Å². The summed E-state index contributed by atoms with van der Waals surface area (Å²) in [5.74, 6) is -0.208. The van der Waals surface area contributed by atoms with Crippen LogP contribution < -0.4 is 16.1 Å². The third-order valence-corrected chi connectivity index (χ3v) is 3.34. The molecule has 2 rings (SSSR count). The molecule has 5 nitrogen and oxygen atoms in total. The Labute approximate surface area is 106 Å². The number of carbonyl (C=O) groups excluding carboxylic acids is 1. The second-order valence-corrected chi connectivity index (χ2v) is 5.18. The third kappa shape index (κ3) is 2.98. The summed E-state index contributed by atoms with van der Waals surface area (Å²) >= 11 is 0. The van der Waals surface area contributed by atoms with Crippen LogP contribution in [0.3, 0.4) is 0 Å². The number of pyridine rings is 1. The largest absolute Gasteiger partial charge is 0.354 e. The zero-order valence-corrected chi connectivity index (χ0v) is 10.8. The van der Waals surface area contributed by atoms with E-state index in [1.807, 2.05) is 6.92 Å². The summed E-state index contributed by atoms with van der Waals surface area (Å²) in [5.41, 5.74) is 0.693. The van der Waals surface area contributed by atoms with E-state index in [1.54, 1.807) is 6.92 Å². The molecule has 1 aliphatic rings. The van der Waals surface area contributed by atoms with Gasteiger partial charge in [-0.05, 0) is 39.8 Å². The van der Waals surface area contributed by atoms with Crippen LogP contribution in [0.4, 0.5) is 0 Å². The summed E-state index contributed by atoms with van der Waals surface area (Å²) < 4.78 is 0. The molecule has 0 radical (unpaired) electrons. The van der Waals surface area contributed by atoms with Gasteiger partial charge in [0.1, 0.15) is 5.69 Å². The number of hydrogen-bond acceptors (Lipinski definition) is 3. The molecule has 1 amide bonds. The van der Waals surface area contributed by atoms with Crippen molar-refractivity contribution in [1.82, 2.24) is 15.6 Å². The highest BCUT2D eigenvalue weighted by Crippen LogP contribution is 2.17. The van der Waals surface area contributed by atoms with Crippen LogP contribution >= 0.6 is 0 Å². The summed E-state index contributed by atoms with van der Waals surface area (Å²) in [7, 11) is 0. The molecule has 2 heterocycles. The lowest BCUT2D eigenvalue weighted by Crippen LogP contribution is -2.52. The smallest absolute Gasteiger partial charge is 0.268 e. The second kappa shape index (κ2) is 4.94. The summed E-state index contributed by atoms with van der Waals surface area (Å²) in [5, 5.41) is 6.28. The van der Waals surface area contributed by atoms with Gasteiger partial charge in [-0.25, -0.2) is 0 Å². The van der Waals surface area contributed by atoms with Crippen LogP contribution in [0.15, 0.2) is 16.9 Å². The molecule has 1 fully saturated rings. The van der Waals surface area contributed by atoms with Crippen LogP contribution in [-0.4, -0.2) is 29.5 Å². The molecular formula is C13H19N3O2. The van der Waals surface area contributed by atoms with Crippen molar-refractivity contribution in [3.8, 4) is 0 Å². The van der Waals surface area contributed by atoms with E-state index in [0.29, 0.717) is 11.4 Å². The molecule has 1 aliphatic heterocycles. The van der Waals surface area contributed by atoms with E-state index in [0.717, 1.165) is 25.9 Å². The molecule has 1 saturated heterocycles. The summed E-state index contributed by atoms with van der Waals surface area (Å²) in [6.07, 6.45) is 1.80. The molecule has 98 valence electrons. The number of aromatic nitrogens is 1. The zero-order chi connectivity index (χ0) is 13.2. The van der Waals surface area contributed by atoms with Crippen molar-refractivity contribution < 1.29 is 4.79 Å². The maximum Gasteiger partial charge on any atom is 0.268 e. The Hall–Kier alpha value is -1.62. The SMILES string of the molecule is Cc1cc(=O)cc(C(=O)NC2(C)CCNCC2)[nH]1. The lowest BCUT2D eigenvalue weighted by atomic mass is 9.90. The van der Waals surface area contributed by atoms with Crippen molar-refractivity contribution in [3.63, 3.8) is 0 Å². The minimum atomic E-state index is -0.208. The Morgan fingerprint density at radius 2 is 2.00 bits per heavy atom. The van der Waals surface area contributed by atoms with Gasteiger partial charge in [0.2, 0.25) is 0 Å². The zero-order valence-electron chi connectivity index (χ0n) is 10.8. The molecule has 0 bridgehead atoms. The maximum atomic E-state index is 12.1. The van der Waals surface area contributed by atoms with Crippen molar-refractivity contribution in [2.75, 3.05) is 13.1 Å². The fraction of sp³-hybridized carbons (Fsp3) is 0.538. The quantitative estimate of drug-likeness (QED) is 0.717. The minimum absolute atomic E-state index is 0.146. The Bertz CT molecular complexity index is 501. The first-order valence-electron chi connectivity index (χ1n) is 6.23. The number of amides is 1. The second-order valence-electron chi connectivity index (χ2n) is 5.18.